The summed E-state index contributed by atoms with van der Waals surface area (Å²) in [6.07, 6.45) is 1.77. The number of Topliss-reactive ketones (excluding diaryl/α,β-unsaturated/α-hetero) is 1. The summed E-state index contributed by atoms with van der Waals surface area (Å²) in [5.74, 6) is 2.25. The van der Waals surface area contributed by atoms with Crippen LogP contribution in [0.4, 0.5) is 0 Å². The Morgan fingerprint density at radius 2 is 1.33 bits per heavy atom. The van der Waals surface area contributed by atoms with E-state index in [9.17, 15) is 4.79 Å². The molecular formula is C27H29NOS. The summed E-state index contributed by atoms with van der Waals surface area (Å²) in [4.78, 5) is 13.6. The average Bonchev–Trinajstić information content (AvgIpc) is 2.82. The minimum atomic E-state index is 0.0759. The summed E-state index contributed by atoms with van der Waals surface area (Å²) in [6.45, 7) is 3.03. The third kappa shape index (κ3) is 6.36. The van der Waals surface area contributed by atoms with Gasteiger partial charge in [0.05, 0.1) is 0 Å². The van der Waals surface area contributed by atoms with Crippen molar-refractivity contribution in [2.75, 3.05) is 18.1 Å². The number of nitrogens with one attached hydrogen (secondary N) is 1. The van der Waals surface area contributed by atoms with E-state index >= 15 is 0 Å². The van der Waals surface area contributed by atoms with Crippen molar-refractivity contribution in [1.29, 1.82) is 0 Å². The van der Waals surface area contributed by atoms with Crippen molar-refractivity contribution in [3.63, 3.8) is 0 Å². The van der Waals surface area contributed by atoms with Crippen LogP contribution in [0.25, 0.3) is 5.70 Å². The van der Waals surface area contributed by atoms with Gasteiger partial charge in [-0.2, -0.15) is 11.8 Å². The largest absolute Gasteiger partial charge is 0.383 e. The number of benzene rings is 3. The van der Waals surface area contributed by atoms with Gasteiger partial charge in [0.2, 0.25) is 0 Å². The lowest BCUT2D eigenvalue weighted by atomic mass is 9.92. The van der Waals surface area contributed by atoms with Crippen molar-refractivity contribution in [3.8, 4) is 0 Å². The molecule has 0 saturated heterocycles. The van der Waals surface area contributed by atoms with E-state index in [2.05, 4.69) is 36.5 Å². The molecule has 1 N–H and O–H groups in total. The molecule has 30 heavy (non-hydrogen) atoms. The number of ketones is 1. The Balaban J connectivity index is 2.01. The molecule has 0 unspecified atom stereocenters. The normalized spacial score (nSPS) is 11.6. The zero-order chi connectivity index (χ0) is 21.0. The fourth-order valence-electron chi connectivity index (χ4n) is 3.33. The molecule has 0 aliphatic heterocycles. The fraction of sp³-hybridized carbons (Fsp3) is 0.222. The number of carbonyl (C=O) groups is 1. The van der Waals surface area contributed by atoms with Crippen molar-refractivity contribution in [2.45, 2.75) is 19.8 Å². The minimum Gasteiger partial charge on any atom is -0.383 e. The second kappa shape index (κ2) is 12.0. The van der Waals surface area contributed by atoms with E-state index in [-0.39, 0.29) is 5.78 Å². The van der Waals surface area contributed by atoms with Gasteiger partial charge in [0, 0.05) is 35.6 Å². The van der Waals surface area contributed by atoms with E-state index in [1.54, 1.807) is 0 Å². The van der Waals surface area contributed by atoms with Gasteiger partial charge in [-0.3, -0.25) is 4.79 Å². The fourth-order valence-corrected chi connectivity index (χ4v) is 4.07. The third-order valence-corrected chi connectivity index (χ3v) is 5.98. The van der Waals surface area contributed by atoms with Gasteiger partial charge >= 0.3 is 0 Å². The molecule has 2 nitrogen and oxygen atoms in total. The van der Waals surface area contributed by atoms with Crippen LogP contribution in [-0.2, 0) is 6.42 Å². The summed E-state index contributed by atoms with van der Waals surface area (Å²) >= 11 is 1.94. The number of hydrogen-bond donors (Lipinski definition) is 1. The van der Waals surface area contributed by atoms with Gasteiger partial charge in [0.25, 0.3) is 0 Å². The van der Waals surface area contributed by atoms with E-state index in [0.29, 0.717) is 6.42 Å². The van der Waals surface area contributed by atoms with Gasteiger partial charge < -0.3 is 5.32 Å². The maximum Gasteiger partial charge on any atom is 0.191 e. The highest BCUT2D eigenvalue weighted by Crippen LogP contribution is 2.23. The highest BCUT2D eigenvalue weighted by atomic mass is 32.2. The van der Waals surface area contributed by atoms with Crippen LogP contribution in [0, 0.1) is 0 Å². The molecule has 0 spiro atoms. The monoisotopic (exact) mass is 415 g/mol. The second-order valence-electron chi connectivity index (χ2n) is 7.12. The lowest BCUT2D eigenvalue weighted by molar-refractivity contribution is 0.103. The molecular weight excluding hydrogens is 386 g/mol. The SMILES string of the molecule is CCCSCCN/C(=C(/Cc1ccccc1)C(=O)c1ccccc1)c1ccccc1. The third-order valence-electron chi connectivity index (χ3n) is 4.79. The second-order valence-corrected chi connectivity index (χ2v) is 8.34. The molecule has 154 valence electrons. The Morgan fingerprint density at radius 3 is 1.93 bits per heavy atom. The van der Waals surface area contributed by atoms with Gasteiger partial charge in [0.1, 0.15) is 0 Å². The minimum absolute atomic E-state index is 0.0759. The first-order valence-corrected chi connectivity index (χ1v) is 11.7. The molecule has 0 saturated carbocycles. The molecule has 0 fully saturated rings. The van der Waals surface area contributed by atoms with Crippen LogP contribution in [-0.4, -0.2) is 23.8 Å². The van der Waals surface area contributed by atoms with Gasteiger partial charge in [-0.05, 0) is 23.3 Å². The highest BCUT2D eigenvalue weighted by Gasteiger charge is 2.19. The molecule has 0 atom stereocenters. The van der Waals surface area contributed by atoms with Crippen molar-refractivity contribution in [1.82, 2.24) is 5.32 Å². The van der Waals surface area contributed by atoms with Crippen LogP contribution in [0.15, 0.2) is 96.6 Å². The number of rotatable bonds is 11. The zero-order valence-corrected chi connectivity index (χ0v) is 18.3. The van der Waals surface area contributed by atoms with Crippen LogP contribution in [0.2, 0.25) is 0 Å². The number of hydrogen-bond acceptors (Lipinski definition) is 3. The molecule has 0 aromatic heterocycles. The van der Waals surface area contributed by atoms with Crippen LogP contribution in [0.5, 0.6) is 0 Å². The smallest absolute Gasteiger partial charge is 0.191 e. The maximum absolute atomic E-state index is 13.6. The topological polar surface area (TPSA) is 29.1 Å². The summed E-state index contributed by atoms with van der Waals surface area (Å²) in [5.41, 5.74) is 4.64. The average molecular weight is 416 g/mol. The van der Waals surface area contributed by atoms with Crippen molar-refractivity contribution in [3.05, 3.63) is 113 Å². The number of allylic oxidation sites excluding steroid dienone is 1. The predicted molar refractivity (Wildman–Crippen MR) is 130 cm³/mol. The molecule has 0 aliphatic rings. The standard InChI is InChI=1S/C27H29NOS/c1-2-19-30-20-18-28-26(23-14-8-4-9-15-23)25(21-22-12-6-3-7-13-22)27(29)24-16-10-5-11-17-24/h3-17,28H,2,18-21H2,1H3/b26-25-. The lowest BCUT2D eigenvalue weighted by Crippen LogP contribution is -2.21. The molecule has 3 aromatic carbocycles. The first kappa shape index (κ1) is 21.9. The molecule has 0 aliphatic carbocycles. The van der Waals surface area contributed by atoms with Gasteiger partial charge in [-0.25, -0.2) is 0 Å². The predicted octanol–water partition coefficient (Wildman–Crippen LogP) is 6.26. The Morgan fingerprint density at radius 1 is 0.767 bits per heavy atom. The van der Waals surface area contributed by atoms with Crippen LogP contribution in [0.3, 0.4) is 0 Å². The van der Waals surface area contributed by atoms with E-state index in [0.717, 1.165) is 46.0 Å². The van der Waals surface area contributed by atoms with Crippen molar-refractivity contribution >= 4 is 23.2 Å². The molecule has 3 heteroatoms. The van der Waals surface area contributed by atoms with E-state index in [1.165, 1.54) is 6.42 Å². The van der Waals surface area contributed by atoms with Crippen LogP contribution in [0.1, 0.15) is 34.8 Å². The van der Waals surface area contributed by atoms with Crippen molar-refractivity contribution in [2.24, 2.45) is 0 Å². The molecule has 3 rings (SSSR count). The zero-order valence-electron chi connectivity index (χ0n) is 17.5. The van der Waals surface area contributed by atoms with E-state index < -0.39 is 0 Å². The Bertz CT molecular complexity index is 936. The summed E-state index contributed by atoms with van der Waals surface area (Å²) in [5, 5.41) is 3.60. The Hall–Kier alpha value is -2.78. The molecule has 0 bridgehead atoms. The first-order chi connectivity index (χ1) is 14.8. The van der Waals surface area contributed by atoms with Crippen LogP contribution >= 0.6 is 11.8 Å². The summed E-state index contributed by atoms with van der Waals surface area (Å²) in [7, 11) is 0. The molecule has 3 aromatic rings. The van der Waals surface area contributed by atoms with E-state index in [4.69, 9.17) is 0 Å². The first-order valence-electron chi connectivity index (χ1n) is 10.5. The maximum atomic E-state index is 13.6. The van der Waals surface area contributed by atoms with Gasteiger partial charge in [-0.15, -0.1) is 0 Å². The van der Waals surface area contributed by atoms with E-state index in [1.807, 2.05) is 78.5 Å². The van der Waals surface area contributed by atoms with Gasteiger partial charge in [0.15, 0.2) is 5.78 Å². The summed E-state index contributed by atoms with van der Waals surface area (Å²) in [6, 6.07) is 30.0. The molecule has 0 radical (unpaired) electrons. The number of carbonyl (C=O) groups excluding carboxylic acids is 1. The quantitative estimate of drug-likeness (QED) is 0.228. The Labute approximate surface area is 184 Å². The number of thioether (sulfide) groups is 1. The van der Waals surface area contributed by atoms with Crippen LogP contribution < -0.4 is 5.32 Å². The Kier molecular flexibility index (Phi) is 8.80. The molecule has 0 amide bonds. The lowest BCUT2D eigenvalue weighted by Gasteiger charge is -2.18. The molecule has 0 heterocycles. The summed E-state index contributed by atoms with van der Waals surface area (Å²) < 4.78 is 0. The van der Waals surface area contributed by atoms with Gasteiger partial charge in [-0.1, -0.05) is 97.9 Å². The highest BCUT2D eigenvalue weighted by molar-refractivity contribution is 7.99. The van der Waals surface area contributed by atoms with Crippen molar-refractivity contribution < 1.29 is 4.79 Å².